The second kappa shape index (κ2) is 6.63. The maximum atomic E-state index is 5.83. The molecule has 0 aliphatic carbocycles. The van der Waals surface area contributed by atoms with E-state index in [1.807, 2.05) is 13.8 Å². The van der Waals surface area contributed by atoms with Crippen LogP contribution in [0, 0.1) is 6.92 Å². The van der Waals surface area contributed by atoms with Crippen LogP contribution in [-0.4, -0.2) is 33.0 Å². The van der Waals surface area contributed by atoms with Gasteiger partial charge < -0.3 is 10.6 Å². The molecule has 2 N–H and O–H groups in total. The minimum absolute atomic E-state index is 0.179. The molecule has 0 saturated heterocycles. The summed E-state index contributed by atoms with van der Waals surface area (Å²) in [5.74, 6) is 0.956. The summed E-state index contributed by atoms with van der Waals surface area (Å²) in [5.41, 5.74) is 1.07. The van der Waals surface area contributed by atoms with Crippen LogP contribution in [0.4, 0.5) is 11.9 Å². The van der Waals surface area contributed by atoms with Crippen LogP contribution in [0.3, 0.4) is 0 Å². The van der Waals surface area contributed by atoms with Crippen molar-refractivity contribution in [3.8, 4) is 0 Å². The Labute approximate surface area is 120 Å². The normalized spacial score (nSPS) is 10.5. The van der Waals surface area contributed by atoms with Gasteiger partial charge in [-0.2, -0.15) is 15.0 Å². The average molecular weight is 299 g/mol. The molecule has 2 aromatic heterocycles. The van der Waals surface area contributed by atoms with Crippen LogP contribution in [-0.2, 0) is 6.42 Å². The molecule has 19 heavy (non-hydrogen) atoms. The average Bonchev–Trinajstić information content (AvgIpc) is 2.75. The molecule has 0 unspecified atom stereocenters. The Bertz CT molecular complexity index is 544. The van der Waals surface area contributed by atoms with E-state index in [2.05, 4.69) is 35.9 Å². The molecule has 0 saturated carbocycles. The quantitative estimate of drug-likeness (QED) is 0.853. The fourth-order valence-corrected chi connectivity index (χ4v) is 2.30. The van der Waals surface area contributed by atoms with Crippen molar-refractivity contribution in [2.75, 3.05) is 23.7 Å². The highest BCUT2D eigenvalue weighted by Crippen LogP contribution is 2.11. The molecule has 0 fully saturated rings. The number of nitrogens with zero attached hydrogens (tertiary/aromatic N) is 4. The first-order valence-corrected chi connectivity index (χ1v) is 7.23. The molecule has 0 amide bonds. The summed E-state index contributed by atoms with van der Waals surface area (Å²) < 4.78 is 0. The molecule has 0 aromatic carbocycles. The lowest BCUT2D eigenvalue weighted by atomic mass is 10.3. The smallest absolute Gasteiger partial charge is 0.228 e. The summed E-state index contributed by atoms with van der Waals surface area (Å²) in [5, 5.41) is 9.44. The number of aromatic nitrogens is 4. The predicted octanol–water partition coefficient (Wildman–Crippen LogP) is 2.38. The van der Waals surface area contributed by atoms with E-state index in [1.165, 1.54) is 0 Å². The lowest BCUT2D eigenvalue weighted by Crippen LogP contribution is -2.11. The molecule has 2 rings (SSSR count). The van der Waals surface area contributed by atoms with Gasteiger partial charge in [0.1, 0.15) is 0 Å². The Hall–Kier alpha value is -1.47. The van der Waals surface area contributed by atoms with Crippen molar-refractivity contribution in [3.05, 3.63) is 21.4 Å². The maximum Gasteiger partial charge on any atom is 0.228 e. The van der Waals surface area contributed by atoms with Crippen molar-refractivity contribution in [1.29, 1.82) is 0 Å². The van der Waals surface area contributed by atoms with Crippen LogP contribution in [0.1, 0.15) is 17.6 Å². The number of halogens is 1. The van der Waals surface area contributed by atoms with E-state index in [0.717, 1.165) is 23.7 Å². The third-order valence-electron chi connectivity index (χ3n) is 2.27. The van der Waals surface area contributed by atoms with Crippen molar-refractivity contribution in [2.24, 2.45) is 0 Å². The molecule has 2 aromatic rings. The number of hydrogen-bond donors (Lipinski definition) is 2. The van der Waals surface area contributed by atoms with Gasteiger partial charge in [0, 0.05) is 24.9 Å². The molecule has 6 nitrogen and oxygen atoms in total. The van der Waals surface area contributed by atoms with E-state index in [4.69, 9.17) is 11.6 Å². The molecule has 0 radical (unpaired) electrons. The first kappa shape index (κ1) is 14.0. The fraction of sp³-hybridized carbons (Fsp3) is 0.455. The monoisotopic (exact) mass is 298 g/mol. The molecule has 0 aliphatic heterocycles. The van der Waals surface area contributed by atoms with E-state index >= 15 is 0 Å². The summed E-state index contributed by atoms with van der Waals surface area (Å²) in [7, 11) is 0. The number of aryl methyl sites for hydroxylation is 1. The molecule has 0 spiro atoms. The zero-order valence-corrected chi connectivity index (χ0v) is 12.3. The Kier molecular flexibility index (Phi) is 4.86. The van der Waals surface area contributed by atoms with Crippen molar-refractivity contribution in [3.63, 3.8) is 0 Å². The fourth-order valence-electron chi connectivity index (χ4n) is 1.49. The molecule has 0 bridgehead atoms. The van der Waals surface area contributed by atoms with E-state index in [1.54, 1.807) is 11.3 Å². The van der Waals surface area contributed by atoms with Gasteiger partial charge in [0.25, 0.3) is 0 Å². The number of hydrogen-bond acceptors (Lipinski definition) is 7. The van der Waals surface area contributed by atoms with Crippen LogP contribution in [0.2, 0.25) is 5.28 Å². The highest BCUT2D eigenvalue weighted by atomic mass is 35.5. The van der Waals surface area contributed by atoms with Crippen molar-refractivity contribution < 1.29 is 0 Å². The summed E-state index contributed by atoms with van der Waals surface area (Å²) in [6, 6.07) is 0. The molecule has 0 atom stereocenters. The summed E-state index contributed by atoms with van der Waals surface area (Å²) >= 11 is 7.48. The minimum Gasteiger partial charge on any atom is -0.354 e. The van der Waals surface area contributed by atoms with E-state index in [9.17, 15) is 0 Å². The third kappa shape index (κ3) is 4.29. The van der Waals surface area contributed by atoms with Gasteiger partial charge in [-0.25, -0.2) is 4.98 Å². The van der Waals surface area contributed by atoms with Crippen molar-refractivity contribution in [1.82, 2.24) is 19.9 Å². The molecular formula is C11H15ClN6S. The second-order valence-corrected chi connectivity index (χ2v) is 5.22. The van der Waals surface area contributed by atoms with Crippen LogP contribution in [0.15, 0.2) is 5.38 Å². The van der Waals surface area contributed by atoms with Crippen molar-refractivity contribution >= 4 is 34.8 Å². The first-order chi connectivity index (χ1) is 9.17. The molecular weight excluding hydrogens is 284 g/mol. The third-order valence-corrected chi connectivity index (χ3v) is 3.27. The highest BCUT2D eigenvalue weighted by molar-refractivity contribution is 7.09. The van der Waals surface area contributed by atoms with Crippen LogP contribution >= 0.6 is 22.9 Å². The molecule has 8 heteroatoms. The molecule has 2 heterocycles. The number of nitrogens with one attached hydrogen (secondary N) is 2. The number of thiazole rings is 1. The zero-order valence-electron chi connectivity index (χ0n) is 10.8. The van der Waals surface area contributed by atoms with Gasteiger partial charge in [0.15, 0.2) is 0 Å². The topological polar surface area (TPSA) is 75.6 Å². The zero-order chi connectivity index (χ0) is 13.7. The van der Waals surface area contributed by atoms with Gasteiger partial charge in [0.2, 0.25) is 17.2 Å². The minimum atomic E-state index is 0.179. The number of rotatable bonds is 6. The maximum absolute atomic E-state index is 5.83. The van der Waals surface area contributed by atoms with Gasteiger partial charge in [-0.3, -0.25) is 0 Å². The predicted molar refractivity (Wildman–Crippen MR) is 78.0 cm³/mol. The van der Waals surface area contributed by atoms with Gasteiger partial charge in [0.05, 0.1) is 10.7 Å². The highest BCUT2D eigenvalue weighted by Gasteiger charge is 2.04. The van der Waals surface area contributed by atoms with Crippen molar-refractivity contribution in [2.45, 2.75) is 20.3 Å². The van der Waals surface area contributed by atoms with Gasteiger partial charge in [-0.1, -0.05) is 0 Å². The van der Waals surface area contributed by atoms with E-state index < -0.39 is 0 Å². The number of anilines is 2. The Morgan fingerprint density at radius 3 is 2.53 bits per heavy atom. The lowest BCUT2D eigenvalue weighted by Gasteiger charge is -2.06. The molecule has 0 aliphatic rings. The summed E-state index contributed by atoms with van der Waals surface area (Å²) in [4.78, 5) is 16.6. The Morgan fingerprint density at radius 2 is 1.89 bits per heavy atom. The van der Waals surface area contributed by atoms with Gasteiger partial charge in [-0.15, -0.1) is 11.3 Å². The van der Waals surface area contributed by atoms with Crippen LogP contribution in [0.25, 0.3) is 0 Å². The van der Waals surface area contributed by atoms with Crippen LogP contribution < -0.4 is 10.6 Å². The Balaban J connectivity index is 1.91. The second-order valence-electron chi connectivity index (χ2n) is 3.82. The SMILES string of the molecule is CCNc1nc(Cl)nc(NCCc2csc(C)n2)n1. The summed E-state index contributed by atoms with van der Waals surface area (Å²) in [6.07, 6.45) is 0.824. The van der Waals surface area contributed by atoms with E-state index in [0.29, 0.717) is 18.4 Å². The van der Waals surface area contributed by atoms with Gasteiger partial charge in [-0.05, 0) is 25.4 Å². The largest absolute Gasteiger partial charge is 0.354 e. The first-order valence-electron chi connectivity index (χ1n) is 5.97. The van der Waals surface area contributed by atoms with Crippen LogP contribution in [0.5, 0.6) is 0 Å². The Morgan fingerprint density at radius 1 is 1.16 bits per heavy atom. The summed E-state index contributed by atoms with van der Waals surface area (Å²) in [6.45, 7) is 5.40. The molecule has 102 valence electrons. The standard InChI is InChI=1S/C11H15ClN6S/c1-3-13-10-16-9(12)17-11(18-10)14-5-4-8-6-19-7(2)15-8/h6H,3-5H2,1-2H3,(H2,13,14,16,17,18). The van der Waals surface area contributed by atoms with E-state index in [-0.39, 0.29) is 5.28 Å². The van der Waals surface area contributed by atoms with Gasteiger partial charge >= 0.3 is 0 Å². The lowest BCUT2D eigenvalue weighted by molar-refractivity contribution is 0.933.